The standard InChI is InChI=1S/C43H79NO3/c1-3-5-7-9-11-13-15-17-19-21-23-25-27-29-31-33-38-46-42-40-44(36-35-37-45)41-43(42)47-39-34-32-30-28-26-24-22-20-18-16-14-12-10-8-6-4-2/h11-14,17-20,42-43,45H,3-10,15-16,21-41H2,1-2H3/b13-11-,14-12-,19-17-,20-18-/t42-,43?/m1/s1. The largest absolute Gasteiger partial charge is 0.396 e. The molecule has 1 N–H and O–H groups in total. The van der Waals surface area contributed by atoms with Crippen molar-refractivity contribution in [2.24, 2.45) is 0 Å². The Morgan fingerprint density at radius 1 is 0.468 bits per heavy atom. The highest BCUT2D eigenvalue weighted by molar-refractivity contribution is 4.93. The summed E-state index contributed by atoms with van der Waals surface area (Å²) in [4.78, 5) is 2.42. The van der Waals surface area contributed by atoms with E-state index < -0.39 is 0 Å². The Morgan fingerprint density at radius 2 is 0.830 bits per heavy atom. The van der Waals surface area contributed by atoms with Gasteiger partial charge in [0.2, 0.25) is 0 Å². The summed E-state index contributed by atoms with van der Waals surface area (Å²) in [5.74, 6) is 0. The monoisotopic (exact) mass is 658 g/mol. The second-order valence-electron chi connectivity index (χ2n) is 13.8. The van der Waals surface area contributed by atoms with Gasteiger partial charge in [0.1, 0.15) is 0 Å². The number of likely N-dealkylation sites (tertiary alicyclic amines) is 1. The highest BCUT2D eigenvalue weighted by atomic mass is 16.5. The molecule has 0 bridgehead atoms. The molecule has 0 saturated carbocycles. The van der Waals surface area contributed by atoms with E-state index in [9.17, 15) is 5.11 Å². The van der Waals surface area contributed by atoms with E-state index in [1.807, 2.05) is 0 Å². The number of aliphatic hydroxyl groups is 1. The normalized spacial score (nSPS) is 17.6. The summed E-state index contributed by atoms with van der Waals surface area (Å²) in [6, 6.07) is 0. The van der Waals surface area contributed by atoms with Gasteiger partial charge in [0.05, 0.1) is 12.2 Å². The smallest absolute Gasteiger partial charge is 0.0975 e. The number of rotatable bonds is 35. The van der Waals surface area contributed by atoms with Gasteiger partial charge in [-0.25, -0.2) is 0 Å². The molecule has 0 aromatic carbocycles. The van der Waals surface area contributed by atoms with Gasteiger partial charge in [0.25, 0.3) is 0 Å². The van der Waals surface area contributed by atoms with Gasteiger partial charge in [0.15, 0.2) is 0 Å². The fourth-order valence-corrected chi connectivity index (χ4v) is 6.27. The lowest BCUT2D eigenvalue weighted by atomic mass is 10.1. The van der Waals surface area contributed by atoms with Crippen molar-refractivity contribution >= 4 is 0 Å². The van der Waals surface area contributed by atoms with Gasteiger partial charge in [-0.2, -0.15) is 0 Å². The van der Waals surface area contributed by atoms with Crippen LogP contribution in [0.1, 0.15) is 174 Å². The van der Waals surface area contributed by atoms with E-state index in [1.165, 1.54) is 128 Å². The number of aliphatic hydroxyl groups excluding tert-OH is 1. The van der Waals surface area contributed by atoms with Crippen molar-refractivity contribution < 1.29 is 14.6 Å². The minimum Gasteiger partial charge on any atom is -0.396 e. The molecule has 1 fully saturated rings. The minimum atomic E-state index is 0.177. The molecule has 1 saturated heterocycles. The summed E-state index contributed by atoms with van der Waals surface area (Å²) in [6.45, 7) is 9.29. The van der Waals surface area contributed by atoms with Crippen LogP contribution in [0.25, 0.3) is 0 Å². The third-order valence-corrected chi connectivity index (χ3v) is 9.28. The third-order valence-electron chi connectivity index (χ3n) is 9.28. The van der Waals surface area contributed by atoms with Crippen molar-refractivity contribution in [2.45, 2.75) is 187 Å². The van der Waals surface area contributed by atoms with Gasteiger partial charge in [0, 0.05) is 39.5 Å². The fourth-order valence-electron chi connectivity index (χ4n) is 6.27. The summed E-state index contributed by atoms with van der Waals surface area (Å²) in [6.07, 6.45) is 50.4. The van der Waals surface area contributed by atoms with Crippen LogP contribution in [0.2, 0.25) is 0 Å². The van der Waals surface area contributed by atoms with Gasteiger partial charge in [-0.1, -0.05) is 140 Å². The summed E-state index contributed by atoms with van der Waals surface area (Å²) in [5, 5.41) is 9.29. The van der Waals surface area contributed by atoms with E-state index in [0.717, 1.165) is 65.0 Å². The molecule has 1 unspecified atom stereocenters. The Balaban J connectivity index is 2.04. The maximum atomic E-state index is 9.29. The van der Waals surface area contributed by atoms with E-state index in [-0.39, 0.29) is 18.8 Å². The molecule has 0 aliphatic carbocycles. The van der Waals surface area contributed by atoms with Gasteiger partial charge < -0.3 is 14.6 Å². The molecule has 1 rings (SSSR count). The molecular formula is C43H79NO3. The van der Waals surface area contributed by atoms with E-state index in [2.05, 4.69) is 67.4 Å². The fraction of sp³-hybridized carbons (Fsp3) is 0.814. The number of nitrogens with zero attached hydrogens (tertiary/aromatic N) is 1. The first kappa shape index (κ1) is 43.8. The Hall–Kier alpha value is -1.20. The maximum absolute atomic E-state index is 9.29. The number of allylic oxidation sites excluding steroid dienone is 8. The molecule has 4 heteroatoms. The zero-order chi connectivity index (χ0) is 33.7. The van der Waals surface area contributed by atoms with Gasteiger partial charge in [-0.05, 0) is 83.5 Å². The van der Waals surface area contributed by atoms with E-state index in [1.54, 1.807) is 0 Å². The van der Waals surface area contributed by atoms with Crippen LogP contribution >= 0.6 is 0 Å². The van der Waals surface area contributed by atoms with Crippen LogP contribution < -0.4 is 0 Å². The SMILES string of the molecule is CCCCC/C=C\C/C=C\CCCCCCCCOC1CN(CCCO)C[C@H]1OCCCCCCCC/C=C\C/C=C\CCCCC. The zero-order valence-electron chi connectivity index (χ0n) is 31.4. The first-order valence-corrected chi connectivity index (χ1v) is 20.5. The topological polar surface area (TPSA) is 41.9 Å². The second kappa shape index (κ2) is 36.1. The van der Waals surface area contributed by atoms with Gasteiger partial charge in [-0.15, -0.1) is 0 Å². The lowest BCUT2D eigenvalue weighted by Crippen LogP contribution is -2.30. The Labute approximate surface area is 293 Å². The van der Waals surface area contributed by atoms with E-state index in [0.29, 0.717) is 0 Å². The molecule has 274 valence electrons. The predicted octanol–water partition coefficient (Wildman–Crippen LogP) is 12.1. The van der Waals surface area contributed by atoms with Crippen LogP contribution in [0.15, 0.2) is 48.6 Å². The summed E-state index contributed by atoms with van der Waals surface area (Å²) < 4.78 is 12.8. The van der Waals surface area contributed by atoms with Crippen LogP contribution in [0.3, 0.4) is 0 Å². The molecule has 1 aliphatic heterocycles. The molecule has 47 heavy (non-hydrogen) atoms. The molecule has 1 aliphatic rings. The van der Waals surface area contributed by atoms with Crippen LogP contribution in [0.5, 0.6) is 0 Å². The Morgan fingerprint density at radius 3 is 1.21 bits per heavy atom. The van der Waals surface area contributed by atoms with Crippen LogP contribution in [0.4, 0.5) is 0 Å². The van der Waals surface area contributed by atoms with Crippen LogP contribution in [0, 0.1) is 0 Å². The predicted molar refractivity (Wildman–Crippen MR) is 206 cm³/mol. The highest BCUT2D eigenvalue weighted by Crippen LogP contribution is 2.19. The van der Waals surface area contributed by atoms with Crippen molar-refractivity contribution in [3.63, 3.8) is 0 Å². The quantitative estimate of drug-likeness (QED) is 0.0544. The van der Waals surface area contributed by atoms with E-state index >= 15 is 0 Å². The molecule has 4 nitrogen and oxygen atoms in total. The highest BCUT2D eigenvalue weighted by Gasteiger charge is 2.33. The molecule has 0 radical (unpaired) electrons. The Kier molecular flexibility index (Phi) is 33.6. The number of ether oxygens (including phenoxy) is 2. The summed E-state index contributed by atoms with van der Waals surface area (Å²) in [7, 11) is 0. The number of hydrogen-bond acceptors (Lipinski definition) is 4. The minimum absolute atomic E-state index is 0.177. The van der Waals surface area contributed by atoms with Gasteiger partial charge >= 0.3 is 0 Å². The van der Waals surface area contributed by atoms with Crippen LogP contribution in [-0.2, 0) is 9.47 Å². The average molecular weight is 658 g/mol. The molecular weight excluding hydrogens is 578 g/mol. The molecule has 0 aromatic rings. The maximum Gasteiger partial charge on any atom is 0.0975 e. The molecule has 0 aromatic heterocycles. The number of unbranched alkanes of at least 4 members (excludes halogenated alkanes) is 18. The molecule has 2 atom stereocenters. The number of hydrogen-bond donors (Lipinski definition) is 1. The van der Waals surface area contributed by atoms with Crippen molar-refractivity contribution in [1.29, 1.82) is 0 Å². The first-order chi connectivity index (χ1) is 23.3. The van der Waals surface area contributed by atoms with E-state index in [4.69, 9.17) is 9.47 Å². The zero-order valence-corrected chi connectivity index (χ0v) is 31.4. The molecule has 0 amide bonds. The lowest BCUT2D eigenvalue weighted by Gasteiger charge is -2.20. The Bertz CT molecular complexity index is 687. The lowest BCUT2D eigenvalue weighted by molar-refractivity contribution is -0.0481. The second-order valence-corrected chi connectivity index (χ2v) is 13.8. The molecule has 1 heterocycles. The summed E-state index contributed by atoms with van der Waals surface area (Å²) >= 11 is 0. The van der Waals surface area contributed by atoms with Crippen LogP contribution in [-0.4, -0.2) is 61.7 Å². The average Bonchev–Trinajstić information content (AvgIpc) is 3.47. The summed E-state index contributed by atoms with van der Waals surface area (Å²) in [5.41, 5.74) is 0. The van der Waals surface area contributed by atoms with Gasteiger partial charge in [-0.3, -0.25) is 4.90 Å². The van der Waals surface area contributed by atoms with Crippen molar-refractivity contribution in [3.8, 4) is 0 Å². The van der Waals surface area contributed by atoms with Crippen molar-refractivity contribution in [3.05, 3.63) is 48.6 Å². The van der Waals surface area contributed by atoms with Crippen molar-refractivity contribution in [1.82, 2.24) is 4.90 Å². The first-order valence-electron chi connectivity index (χ1n) is 20.5. The van der Waals surface area contributed by atoms with Crippen molar-refractivity contribution in [2.75, 3.05) is 39.5 Å². The molecule has 0 spiro atoms. The third kappa shape index (κ3) is 29.4.